The van der Waals surface area contributed by atoms with Gasteiger partial charge >= 0.3 is 5.97 Å². The Morgan fingerprint density at radius 3 is 2.57 bits per heavy atom. The highest BCUT2D eigenvalue weighted by Crippen LogP contribution is 2.16. The number of benzene rings is 1. The molecule has 1 aromatic carbocycles. The van der Waals surface area contributed by atoms with Gasteiger partial charge in [0.05, 0.1) is 6.04 Å². The van der Waals surface area contributed by atoms with Crippen molar-refractivity contribution in [3.05, 3.63) is 58.9 Å². The lowest BCUT2D eigenvalue weighted by atomic mass is 10.1. The van der Waals surface area contributed by atoms with Crippen molar-refractivity contribution < 1.29 is 14.7 Å². The third kappa shape index (κ3) is 3.86. The Labute approximate surface area is 127 Å². The highest BCUT2D eigenvalue weighted by Gasteiger charge is 2.15. The van der Waals surface area contributed by atoms with E-state index in [1.54, 1.807) is 30.5 Å². The summed E-state index contributed by atoms with van der Waals surface area (Å²) in [7, 11) is 0. The van der Waals surface area contributed by atoms with Crippen LogP contribution in [0.15, 0.2) is 42.6 Å². The number of amides is 1. The number of aliphatic carboxylic acids is 1. The fourth-order valence-electron chi connectivity index (χ4n) is 2.01. The number of aromatic nitrogens is 1. The molecule has 0 aliphatic carbocycles. The van der Waals surface area contributed by atoms with Gasteiger partial charge in [-0.2, -0.15) is 0 Å². The Bertz CT molecular complexity index is 649. The Morgan fingerprint density at radius 1 is 1.29 bits per heavy atom. The van der Waals surface area contributed by atoms with Crippen LogP contribution in [0.5, 0.6) is 0 Å². The molecular formula is C15H15ClN2O3. The molecule has 21 heavy (non-hydrogen) atoms. The van der Waals surface area contributed by atoms with Gasteiger partial charge < -0.3 is 15.0 Å². The van der Waals surface area contributed by atoms with Crippen molar-refractivity contribution in [1.82, 2.24) is 9.88 Å². The monoisotopic (exact) mass is 306 g/mol. The maximum atomic E-state index is 12.2. The van der Waals surface area contributed by atoms with Crippen LogP contribution < -0.4 is 5.32 Å². The van der Waals surface area contributed by atoms with Crippen LogP contribution in [-0.4, -0.2) is 21.6 Å². The molecule has 0 bridgehead atoms. The van der Waals surface area contributed by atoms with Crippen LogP contribution >= 0.6 is 11.6 Å². The van der Waals surface area contributed by atoms with E-state index in [9.17, 15) is 9.59 Å². The van der Waals surface area contributed by atoms with Crippen LogP contribution in [0.2, 0.25) is 5.02 Å². The quantitative estimate of drug-likeness (QED) is 0.892. The number of nitrogens with zero attached hydrogens (tertiary/aromatic N) is 1. The van der Waals surface area contributed by atoms with Gasteiger partial charge in [0.15, 0.2) is 0 Å². The van der Waals surface area contributed by atoms with E-state index < -0.39 is 5.97 Å². The summed E-state index contributed by atoms with van der Waals surface area (Å²) in [6.07, 6.45) is 1.57. The molecule has 0 saturated heterocycles. The normalized spacial score (nSPS) is 11.9. The number of carboxylic acids is 1. The summed E-state index contributed by atoms with van der Waals surface area (Å²) in [6.45, 7) is 1.61. The molecule has 0 aliphatic heterocycles. The highest BCUT2D eigenvalue weighted by molar-refractivity contribution is 6.30. The van der Waals surface area contributed by atoms with Crippen molar-refractivity contribution in [1.29, 1.82) is 0 Å². The predicted molar refractivity (Wildman–Crippen MR) is 79.4 cm³/mol. The molecular weight excluding hydrogens is 292 g/mol. The predicted octanol–water partition coefficient (Wildman–Crippen LogP) is 2.72. The fourth-order valence-corrected chi connectivity index (χ4v) is 2.14. The summed E-state index contributed by atoms with van der Waals surface area (Å²) in [6, 6.07) is 10.2. The minimum absolute atomic E-state index is 0.206. The molecule has 2 N–H and O–H groups in total. The number of carbonyl (C=O) groups excluding carboxylic acids is 1. The molecule has 0 saturated carbocycles. The third-order valence-electron chi connectivity index (χ3n) is 3.09. The second-order valence-electron chi connectivity index (χ2n) is 4.66. The van der Waals surface area contributed by atoms with Crippen LogP contribution in [0.1, 0.15) is 29.0 Å². The average Bonchev–Trinajstić information content (AvgIpc) is 2.86. The van der Waals surface area contributed by atoms with Crippen LogP contribution in [0.25, 0.3) is 0 Å². The van der Waals surface area contributed by atoms with Crippen LogP contribution in [-0.2, 0) is 11.3 Å². The van der Waals surface area contributed by atoms with E-state index in [0.717, 1.165) is 5.56 Å². The van der Waals surface area contributed by atoms with E-state index >= 15 is 0 Å². The van der Waals surface area contributed by atoms with Crippen LogP contribution in [0.4, 0.5) is 0 Å². The zero-order valence-corrected chi connectivity index (χ0v) is 12.2. The lowest BCUT2D eigenvalue weighted by molar-refractivity contribution is -0.137. The Morgan fingerprint density at radius 2 is 1.95 bits per heavy atom. The second-order valence-corrected chi connectivity index (χ2v) is 5.10. The molecule has 1 heterocycles. The lowest BCUT2D eigenvalue weighted by Gasteiger charge is -2.15. The number of rotatable bonds is 5. The summed E-state index contributed by atoms with van der Waals surface area (Å²) >= 11 is 5.83. The van der Waals surface area contributed by atoms with Crippen molar-refractivity contribution in [3.63, 3.8) is 0 Å². The van der Waals surface area contributed by atoms with Crippen molar-refractivity contribution >= 4 is 23.5 Å². The van der Waals surface area contributed by atoms with Gasteiger partial charge in [-0.15, -0.1) is 0 Å². The molecule has 1 aromatic heterocycles. The van der Waals surface area contributed by atoms with Crippen molar-refractivity contribution in [2.24, 2.45) is 0 Å². The maximum Gasteiger partial charge on any atom is 0.323 e. The summed E-state index contributed by atoms with van der Waals surface area (Å²) in [5, 5.41) is 12.3. The zero-order valence-electron chi connectivity index (χ0n) is 11.4. The third-order valence-corrected chi connectivity index (χ3v) is 3.34. The smallest absolute Gasteiger partial charge is 0.323 e. The summed E-state index contributed by atoms with van der Waals surface area (Å²) in [5.41, 5.74) is 1.24. The second kappa shape index (κ2) is 6.45. The first-order valence-electron chi connectivity index (χ1n) is 6.40. The van der Waals surface area contributed by atoms with E-state index in [1.807, 2.05) is 19.1 Å². The molecule has 0 aliphatic rings. The lowest BCUT2D eigenvalue weighted by Crippen LogP contribution is -2.29. The van der Waals surface area contributed by atoms with E-state index in [-0.39, 0.29) is 18.5 Å². The summed E-state index contributed by atoms with van der Waals surface area (Å²) < 4.78 is 1.40. The van der Waals surface area contributed by atoms with Crippen molar-refractivity contribution in [2.75, 3.05) is 0 Å². The molecule has 2 rings (SSSR count). The topological polar surface area (TPSA) is 71.3 Å². The number of carboxylic acid groups (broad SMARTS) is 1. The Hall–Kier alpha value is -2.27. The SMILES string of the molecule is CC(NC(=O)c1cccn1CC(=O)O)c1ccc(Cl)cc1. The first kappa shape index (κ1) is 15.1. The average molecular weight is 307 g/mol. The van der Waals surface area contributed by atoms with Crippen LogP contribution in [0.3, 0.4) is 0 Å². The standard InChI is InChI=1S/C15H15ClN2O3/c1-10(11-4-6-12(16)7-5-11)17-15(21)13-3-2-8-18(13)9-14(19)20/h2-8,10H,9H2,1H3,(H,17,21)(H,19,20). The van der Waals surface area contributed by atoms with Gasteiger partial charge in [-0.3, -0.25) is 9.59 Å². The van der Waals surface area contributed by atoms with Gasteiger partial charge in [-0.1, -0.05) is 23.7 Å². The summed E-state index contributed by atoms with van der Waals surface area (Å²) in [5.74, 6) is -1.31. The van der Waals surface area contributed by atoms with E-state index in [4.69, 9.17) is 16.7 Å². The molecule has 5 nitrogen and oxygen atoms in total. The van der Waals surface area contributed by atoms with Crippen molar-refractivity contribution in [2.45, 2.75) is 19.5 Å². The van der Waals surface area contributed by atoms with Gasteiger partial charge in [0.25, 0.3) is 5.91 Å². The van der Waals surface area contributed by atoms with Crippen LogP contribution in [0, 0.1) is 0 Å². The van der Waals surface area contributed by atoms with Gasteiger partial charge in [0.1, 0.15) is 12.2 Å². The number of nitrogens with one attached hydrogen (secondary N) is 1. The highest BCUT2D eigenvalue weighted by atomic mass is 35.5. The van der Waals surface area contributed by atoms with E-state index in [2.05, 4.69) is 5.32 Å². The number of halogens is 1. The first-order valence-corrected chi connectivity index (χ1v) is 6.78. The Kier molecular flexibility index (Phi) is 4.65. The molecule has 110 valence electrons. The van der Waals surface area contributed by atoms with Gasteiger partial charge in [-0.05, 0) is 36.8 Å². The first-order chi connectivity index (χ1) is 9.97. The molecule has 0 spiro atoms. The zero-order chi connectivity index (χ0) is 15.4. The maximum absolute atomic E-state index is 12.2. The molecule has 1 atom stereocenters. The van der Waals surface area contributed by atoms with E-state index in [1.165, 1.54) is 4.57 Å². The van der Waals surface area contributed by atoms with Crippen molar-refractivity contribution in [3.8, 4) is 0 Å². The molecule has 2 aromatic rings. The molecule has 6 heteroatoms. The fraction of sp³-hybridized carbons (Fsp3) is 0.200. The van der Waals surface area contributed by atoms with Gasteiger partial charge in [0.2, 0.25) is 0 Å². The Balaban J connectivity index is 2.09. The molecule has 1 unspecified atom stereocenters. The minimum Gasteiger partial charge on any atom is -0.480 e. The molecule has 0 fully saturated rings. The number of carbonyl (C=O) groups is 2. The minimum atomic E-state index is -0.994. The number of hydrogen-bond donors (Lipinski definition) is 2. The van der Waals surface area contributed by atoms with Gasteiger partial charge in [0, 0.05) is 11.2 Å². The molecule has 1 amide bonds. The van der Waals surface area contributed by atoms with E-state index in [0.29, 0.717) is 10.7 Å². The largest absolute Gasteiger partial charge is 0.480 e. The summed E-state index contributed by atoms with van der Waals surface area (Å²) in [4.78, 5) is 23.0. The molecule has 0 radical (unpaired) electrons. The van der Waals surface area contributed by atoms with Gasteiger partial charge in [-0.25, -0.2) is 0 Å². The number of hydrogen-bond acceptors (Lipinski definition) is 2.